The van der Waals surface area contributed by atoms with Crippen molar-refractivity contribution in [2.45, 2.75) is 72.2 Å². The van der Waals surface area contributed by atoms with Gasteiger partial charge in [-0.1, -0.05) is 27.7 Å². The molecule has 2 unspecified atom stereocenters. The Kier molecular flexibility index (Phi) is 7.21. The van der Waals surface area contributed by atoms with Gasteiger partial charge in [-0.15, -0.1) is 0 Å². The maximum Gasteiger partial charge on any atom is 0.403 e. The van der Waals surface area contributed by atoms with Gasteiger partial charge in [0.1, 0.15) is 0 Å². The molecule has 0 saturated heterocycles. The lowest BCUT2D eigenvalue weighted by Crippen LogP contribution is -2.50. The normalized spacial score (nSPS) is 17.2. The van der Waals surface area contributed by atoms with Crippen LogP contribution >= 0.6 is 0 Å². The summed E-state index contributed by atoms with van der Waals surface area (Å²) in [6.45, 7) is 6.58. The molecule has 0 aromatic carbocycles. The summed E-state index contributed by atoms with van der Waals surface area (Å²) >= 11 is 0. The predicted molar refractivity (Wildman–Crippen MR) is 70.0 cm³/mol. The molecule has 0 aromatic rings. The zero-order valence-corrected chi connectivity index (χ0v) is 13.3. The molecule has 0 amide bonds. The van der Waals surface area contributed by atoms with Crippen LogP contribution in [0.15, 0.2) is 0 Å². The van der Waals surface area contributed by atoms with E-state index < -0.39 is 42.5 Å². The van der Waals surface area contributed by atoms with Gasteiger partial charge < -0.3 is 9.84 Å². The Morgan fingerprint density at radius 1 is 0.909 bits per heavy atom. The van der Waals surface area contributed by atoms with Crippen molar-refractivity contribution in [3.63, 3.8) is 0 Å². The van der Waals surface area contributed by atoms with Crippen molar-refractivity contribution >= 4 is 0 Å². The largest absolute Gasteiger partial charge is 0.403 e. The molecule has 1 N–H and O–H groups in total. The quantitative estimate of drug-likeness (QED) is 0.528. The number of aliphatic hydroxyl groups is 1. The maximum atomic E-state index is 13.0. The number of hydrogen-bond donors (Lipinski definition) is 1. The second-order valence-corrected chi connectivity index (χ2v) is 6.55. The Hall–Kier alpha value is -0.500. The van der Waals surface area contributed by atoms with Crippen molar-refractivity contribution in [3.8, 4) is 0 Å². The van der Waals surface area contributed by atoms with Crippen molar-refractivity contribution < 1.29 is 36.2 Å². The highest BCUT2D eigenvalue weighted by Gasteiger charge is 2.67. The molecule has 134 valence electrons. The molecule has 0 aliphatic rings. The van der Waals surface area contributed by atoms with Gasteiger partial charge in [0.25, 0.3) is 0 Å². The summed E-state index contributed by atoms with van der Waals surface area (Å²) in [6, 6.07) is 0. The topological polar surface area (TPSA) is 29.5 Å². The standard InChI is InChI=1S/C14H24F6O2/c1-8(2)6-10(22-11(21)9(3)4)7-12(5,13(15,16)17)14(18,19)20/h8-11,21H,6-7H2,1-5H3. The van der Waals surface area contributed by atoms with E-state index in [1.807, 2.05) is 0 Å². The van der Waals surface area contributed by atoms with E-state index in [4.69, 9.17) is 4.74 Å². The van der Waals surface area contributed by atoms with Gasteiger partial charge in [0.2, 0.25) is 0 Å². The SMILES string of the molecule is CC(C)CC(CC(C)(C(F)(F)F)C(F)(F)F)OC(O)C(C)C. The molecule has 0 bridgehead atoms. The highest BCUT2D eigenvalue weighted by atomic mass is 19.4. The van der Waals surface area contributed by atoms with Gasteiger partial charge >= 0.3 is 12.4 Å². The van der Waals surface area contributed by atoms with Crippen LogP contribution in [0.1, 0.15) is 47.5 Å². The molecular formula is C14H24F6O2. The summed E-state index contributed by atoms with van der Waals surface area (Å²) in [7, 11) is 0. The van der Waals surface area contributed by atoms with E-state index in [-0.39, 0.29) is 19.3 Å². The monoisotopic (exact) mass is 338 g/mol. The summed E-state index contributed by atoms with van der Waals surface area (Å²) in [5.41, 5.74) is -3.88. The fraction of sp³-hybridized carbons (Fsp3) is 1.00. The van der Waals surface area contributed by atoms with Crippen LogP contribution in [0, 0.1) is 17.3 Å². The number of alkyl halides is 6. The second kappa shape index (κ2) is 7.38. The highest BCUT2D eigenvalue weighted by molar-refractivity contribution is 4.91. The molecule has 0 saturated carbocycles. The molecular weight excluding hydrogens is 314 g/mol. The number of ether oxygens (including phenoxy) is 1. The molecule has 0 aromatic heterocycles. The number of aliphatic hydroxyl groups excluding tert-OH is 1. The van der Waals surface area contributed by atoms with E-state index in [0.717, 1.165) is 0 Å². The lowest BCUT2D eigenvalue weighted by Gasteiger charge is -2.37. The third kappa shape index (κ3) is 5.61. The first-order valence-corrected chi connectivity index (χ1v) is 7.08. The van der Waals surface area contributed by atoms with Crippen molar-refractivity contribution in [2.24, 2.45) is 17.3 Å². The third-order valence-corrected chi connectivity index (χ3v) is 3.52. The smallest absolute Gasteiger partial charge is 0.368 e. The Labute approximate surface area is 126 Å². The molecule has 22 heavy (non-hydrogen) atoms. The van der Waals surface area contributed by atoms with Crippen LogP contribution in [0.2, 0.25) is 0 Å². The van der Waals surface area contributed by atoms with Gasteiger partial charge in [-0.3, -0.25) is 0 Å². The van der Waals surface area contributed by atoms with Crippen LogP contribution in [0.5, 0.6) is 0 Å². The minimum absolute atomic E-state index is 0.00840. The predicted octanol–water partition coefficient (Wildman–Crippen LogP) is 4.91. The van der Waals surface area contributed by atoms with Crippen molar-refractivity contribution in [3.05, 3.63) is 0 Å². The Morgan fingerprint density at radius 2 is 1.32 bits per heavy atom. The van der Waals surface area contributed by atoms with Gasteiger partial charge in [-0.2, -0.15) is 26.3 Å². The van der Waals surface area contributed by atoms with Crippen LogP contribution in [0.4, 0.5) is 26.3 Å². The molecule has 0 aliphatic carbocycles. The average molecular weight is 338 g/mol. The van der Waals surface area contributed by atoms with E-state index in [0.29, 0.717) is 0 Å². The van der Waals surface area contributed by atoms with Gasteiger partial charge in [0, 0.05) is 5.92 Å². The molecule has 2 nitrogen and oxygen atoms in total. The zero-order chi connectivity index (χ0) is 17.9. The minimum atomic E-state index is -5.45. The van der Waals surface area contributed by atoms with E-state index >= 15 is 0 Å². The Balaban J connectivity index is 5.39. The summed E-state index contributed by atoms with van der Waals surface area (Å²) in [6.07, 6.45) is -14.9. The third-order valence-electron chi connectivity index (χ3n) is 3.52. The summed E-state index contributed by atoms with van der Waals surface area (Å²) in [4.78, 5) is 0. The summed E-state index contributed by atoms with van der Waals surface area (Å²) < 4.78 is 82.8. The van der Waals surface area contributed by atoms with Crippen LogP contribution in [-0.2, 0) is 4.74 Å². The molecule has 0 radical (unpaired) electrons. The molecule has 0 aliphatic heterocycles. The van der Waals surface area contributed by atoms with E-state index in [1.54, 1.807) is 27.7 Å². The van der Waals surface area contributed by atoms with Crippen molar-refractivity contribution in [2.75, 3.05) is 0 Å². The first kappa shape index (κ1) is 21.5. The molecule has 2 atom stereocenters. The molecule has 8 heteroatoms. The number of rotatable bonds is 7. The van der Waals surface area contributed by atoms with Crippen LogP contribution in [0.25, 0.3) is 0 Å². The van der Waals surface area contributed by atoms with E-state index in [2.05, 4.69) is 0 Å². The fourth-order valence-electron chi connectivity index (χ4n) is 1.91. The summed E-state index contributed by atoms with van der Waals surface area (Å²) in [5.74, 6) is -0.604. The number of halogens is 6. The molecule has 0 rings (SSSR count). The number of hydrogen-bond acceptors (Lipinski definition) is 2. The van der Waals surface area contributed by atoms with Crippen LogP contribution in [0.3, 0.4) is 0 Å². The van der Waals surface area contributed by atoms with Gasteiger partial charge in [-0.25, -0.2) is 0 Å². The van der Waals surface area contributed by atoms with Crippen LogP contribution < -0.4 is 0 Å². The molecule has 0 spiro atoms. The maximum absolute atomic E-state index is 13.0. The van der Waals surface area contributed by atoms with Gasteiger partial charge in [-0.05, 0) is 25.7 Å². The first-order chi connectivity index (χ1) is 9.61. The van der Waals surface area contributed by atoms with E-state index in [1.165, 1.54) is 0 Å². The minimum Gasteiger partial charge on any atom is -0.368 e. The molecule has 0 heterocycles. The van der Waals surface area contributed by atoms with Gasteiger partial charge in [0.15, 0.2) is 11.7 Å². The Bertz CT molecular complexity index is 321. The Morgan fingerprint density at radius 3 is 1.59 bits per heavy atom. The summed E-state index contributed by atoms with van der Waals surface area (Å²) in [5, 5.41) is 9.63. The lowest BCUT2D eigenvalue weighted by molar-refractivity contribution is -0.345. The zero-order valence-electron chi connectivity index (χ0n) is 13.3. The fourth-order valence-corrected chi connectivity index (χ4v) is 1.91. The second-order valence-electron chi connectivity index (χ2n) is 6.55. The van der Waals surface area contributed by atoms with Crippen molar-refractivity contribution in [1.82, 2.24) is 0 Å². The first-order valence-electron chi connectivity index (χ1n) is 7.08. The highest BCUT2D eigenvalue weighted by Crippen LogP contribution is 2.53. The molecule has 0 fully saturated rings. The van der Waals surface area contributed by atoms with Gasteiger partial charge in [0.05, 0.1) is 6.10 Å². The van der Waals surface area contributed by atoms with Crippen molar-refractivity contribution in [1.29, 1.82) is 0 Å². The van der Waals surface area contributed by atoms with Crippen LogP contribution in [-0.4, -0.2) is 29.9 Å². The lowest BCUT2D eigenvalue weighted by atomic mass is 9.81. The van der Waals surface area contributed by atoms with E-state index in [9.17, 15) is 31.4 Å². The average Bonchev–Trinajstić information content (AvgIpc) is 2.24.